The smallest absolute Gasteiger partial charge is 0.231 e. The fourth-order valence-electron chi connectivity index (χ4n) is 3.01. The third-order valence-electron chi connectivity index (χ3n) is 4.61. The Bertz CT molecular complexity index is 1110. The number of Topliss-reactive ketones (excluding diaryl/α,β-unsaturated/α-hetero) is 1. The zero-order valence-electron chi connectivity index (χ0n) is 15.8. The van der Waals surface area contributed by atoms with E-state index in [0.717, 1.165) is 11.1 Å². The number of rotatable bonds is 5. The molecule has 0 aliphatic rings. The lowest BCUT2D eigenvalue weighted by Gasteiger charge is -2.06. The van der Waals surface area contributed by atoms with Crippen molar-refractivity contribution in [3.8, 4) is 0 Å². The van der Waals surface area contributed by atoms with Crippen molar-refractivity contribution >= 4 is 28.5 Å². The molecule has 4 aromatic rings. The highest BCUT2D eigenvalue weighted by atomic mass is 16.3. The molecule has 138 valence electrons. The van der Waals surface area contributed by atoms with Gasteiger partial charge in [-0.2, -0.15) is 0 Å². The zero-order valence-corrected chi connectivity index (χ0v) is 15.8. The zero-order chi connectivity index (χ0) is 19.5. The lowest BCUT2D eigenvalue weighted by atomic mass is 9.99. The van der Waals surface area contributed by atoms with Crippen LogP contribution >= 0.6 is 0 Å². The van der Waals surface area contributed by atoms with Crippen molar-refractivity contribution in [1.82, 2.24) is 9.97 Å². The summed E-state index contributed by atoms with van der Waals surface area (Å²) in [6.45, 7) is 4.31. The lowest BCUT2D eigenvalue weighted by molar-refractivity contribution is 0.105. The number of hydrogen-bond acceptors (Lipinski definition) is 4. The molecule has 0 N–H and O–H groups in total. The van der Waals surface area contributed by atoms with Crippen LogP contribution < -0.4 is 0 Å². The summed E-state index contributed by atoms with van der Waals surface area (Å²) < 4.78 is 5.89. The van der Waals surface area contributed by atoms with Crippen molar-refractivity contribution in [1.29, 1.82) is 0 Å². The quantitative estimate of drug-likeness (QED) is 0.331. The van der Waals surface area contributed by atoms with E-state index in [0.29, 0.717) is 28.5 Å². The number of allylic oxidation sites excluding steroid dienone is 1. The van der Waals surface area contributed by atoms with Crippen molar-refractivity contribution in [2.75, 3.05) is 0 Å². The molecule has 0 fully saturated rings. The second-order valence-corrected chi connectivity index (χ2v) is 6.94. The second-order valence-electron chi connectivity index (χ2n) is 6.94. The number of carbonyl (C=O) groups excluding carboxylic acids is 1. The summed E-state index contributed by atoms with van der Waals surface area (Å²) in [5, 5.41) is 0. The van der Waals surface area contributed by atoms with Crippen molar-refractivity contribution in [3.63, 3.8) is 0 Å². The summed E-state index contributed by atoms with van der Waals surface area (Å²) in [5.41, 5.74) is 4.43. The van der Waals surface area contributed by atoms with Crippen LogP contribution in [0.3, 0.4) is 0 Å². The van der Waals surface area contributed by atoms with Gasteiger partial charge in [0, 0.05) is 18.0 Å². The monoisotopic (exact) mass is 368 g/mol. The Hall–Kier alpha value is -3.53. The molecule has 0 aliphatic carbocycles. The third kappa shape index (κ3) is 3.62. The van der Waals surface area contributed by atoms with Gasteiger partial charge in [0.05, 0.1) is 5.57 Å². The normalized spacial score (nSPS) is 11.9. The first-order chi connectivity index (χ1) is 13.6. The Morgan fingerprint density at radius 3 is 2.46 bits per heavy atom. The van der Waals surface area contributed by atoms with E-state index in [9.17, 15) is 4.79 Å². The van der Waals surface area contributed by atoms with E-state index >= 15 is 0 Å². The molecule has 0 unspecified atom stereocenters. The Labute approximate surface area is 163 Å². The van der Waals surface area contributed by atoms with Gasteiger partial charge in [0.2, 0.25) is 5.89 Å². The fourth-order valence-corrected chi connectivity index (χ4v) is 3.01. The van der Waals surface area contributed by atoms with E-state index in [4.69, 9.17) is 4.42 Å². The minimum atomic E-state index is -0.174. The van der Waals surface area contributed by atoms with E-state index in [1.807, 2.05) is 42.5 Å². The number of benzene rings is 2. The van der Waals surface area contributed by atoms with E-state index in [2.05, 4.69) is 35.9 Å². The van der Waals surface area contributed by atoms with Crippen LogP contribution in [0, 0.1) is 0 Å². The van der Waals surface area contributed by atoms with Gasteiger partial charge < -0.3 is 4.42 Å². The molecule has 4 nitrogen and oxygen atoms in total. The highest BCUT2D eigenvalue weighted by Crippen LogP contribution is 2.26. The summed E-state index contributed by atoms with van der Waals surface area (Å²) in [7, 11) is 0. The largest absolute Gasteiger partial charge is 0.436 e. The van der Waals surface area contributed by atoms with Crippen molar-refractivity contribution in [2.45, 2.75) is 19.8 Å². The van der Waals surface area contributed by atoms with Crippen LogP contribution in [0.25, 0.3) is 22.7 Å². The van der Waals surface area contributed by atoms with E-state index < -0.39 is 0 Å². The summed E-state index contributed by atoms with van der Waals surface area (Å²) in [5.74, 6) is 0.585. The van der Waals surface area contributed by atoms with E-state index in [-0.39, 0.29) is 5.78 Å². The first-order valence-electron chi connectivity index (χ1n) is 9.24. The number of para-hydroxylation sites is 2. The number of hydrogen-bond donors (Lipinski definition) is 0. The average Bonchev–Trinajstić information content (AvgIpc) is 3.16. The van der Waals surface area contributed by atoms with Gasteiger partial charge in [0.1, 0.15) is 5.52 Å². The Kier molecular flexibility index (Phi) is 4.85. The van der Waals surface area contributed by atoms with Gasteiger partial charge in [-0.15, -0.1) is 0 Å². The minimum Gasteiger partial charge on any atom is -0.436 e. The average molecular weight is 368 g/mol. The predicted molar refractivity (Wildman–Crippen MR) is 111 cm³/mol. The molecule has 0 atom stereocenters. The highest BCUT2D eigenvalue weighted by molar-refractivity contribution is 6.31. The summed E-state index contributed by atoms with van der Waals surface area (Å²) in [4.78, 5) is 21.8. The summed E-state index contributed by atoms with van der Waals surface area (Å²) in [6, 6.07) is 19.1. The number of fused-ring (bicyclic) bond motifs is 1. The maximum absolute atomic E-state index is 13.2. The molecule has 0 saturated heterocycles. The standard InChI is InChI=1S/C24H20N2O2/c1-16(2)18-11-9-17(10-12-18)14-20(23(27)19-6-5-13-25-15-19)24-26-21-7-3-4-8-22(21)28-24/h3-16H,1-2H3/b20-14-. The maximum atomic E-state index is 13.2. The van der Waals surface area contributed by atoms with Gasteiger partial charge in [-0.05, 0) is 47.4 Å². The maximum Gasteiger partial charge on any atom is 0.231 e. The molecule has 0 radical (unpaired) electrons. The topological polar surface area (TPSA) is 56.0 Å². The Morgan fingerprint density at radius 1 is 1.00 bits per heavy atom. The molecular weight excluding hydrogens is 348 g/mol. The highest BCUT2D eigenvalue weighted by Gasteiger charge is 2.20. The molecular formula is C24H20N2O2. The fraction of sp³-hybridized carbons (Fsp3) is 0.125. The van der Waals surface area contributed by atoms with Gasteiger partial charge >= 0.3 is 0 Å². The van der Waals surface area contributed by atoms with Crippen LogP contribution in [-0.2, 0) is 0 Å². The van der Waals surface area contributed by atoms with E-state index in [1.165, 1.54) is 5.56 Å². The molecule has 2 aromatic carbocycles. The third-order valence-corrected chi connectivity index (χ3v) is 4.61. The molecule has 2 aromatic heterocycles. The second kappa shape index (κ2) is 7.61. The number of nitrogens with zero attached hydrogens (tertiary/aromatic N) is 2. The number of aromatic nitrogens is 2. The van der Waals surface area contributed by atoms with Crippen LogP contribution in [-0.4, -0.2) is 15.8 Å². The Morgan fingerprint density at radius 2 is 1.79 bits per heavy atom. The van der Waals surface area contributed by atoms with Crippen LogP contribution in [0.5, 0.6) is 0 Å². The molecule has 4 rings (SSSR count). The lowest BCUT2D eigenvalue weighted by Crippen LogP contribution is -2.03. The van der Waals surface area contributed by atoms with Gasteiger partial charge in [0.15, 0.2) is 11.4 Å². The molecule has 0 saturated carbocycles. The first kappa shape index (κ1) is 17.9. The van der Waals surface area contributed by atoms with Crippen LogP contribution in [0.1, 0.15) is 47.1 Å². The van der Waals surface area contributed by atoms with Crippen LogP contribution in [0.15, 0.2) is 77.5 Å². The SMILES string of the molecule is CC(C)c1ccc(/C=C(/C(=O)c2cccnc2)c2nc3ccccc3o2)cc1. The van der Waals surface area contributed by atoms with Gasteiger partial charge in [-0.25, -0.2) is 4.98 Å². The van der Waals surface area contributed by atoms with Crippen molar-refractivity contribution in [2.24, 2.45) is 0 Å². The van der Waals surface area contributed by atoms with Gasteiger partial charge in [-0.1, -0.05) is 50.2 Å². The van der Waals surface area contributed by atoms with Gasteiger partial charge in [-0.3, -0.25) is 9.78 Å². The molecule has 0 bridgehead atoms. The number of carbonyl (C=O) groups is 1. The molecule has 4 heteroatoms. The summed E-state index contributed by atoms with van der Waals surface area (Å²) >= 11 is 0. The number of pyridine rings is 1. The first-order valence-corrected chi connectivity index (χ1v) is 9.24. The van der Waals surface area contributed by atoms with Crippen LogP contribution in [0.4, 0.5) is 0 Å². The van der Waals surface area contributed by atoms with Gasteiger partial charge in [0.25, 0.3) is 0 Å². The van der Waals surface area contributed by atoms with Crippen LogP contribution in [0.2, 0.25) is 0 Å². The number of oxazole rings is 1. The molecule has 2 heterocycles. The van der Waals surface area contributed by atoms with Crippen molar-refractivity contribution < 1.29 is 9.21 Å². The molecule has 28 heavy (non-hydrogen) atoms. The molecule has 0 aliphatic heterocycles. The molecule has 0 amide bonds. The Balaban J connectivity index is 1.82. The summed E-state index contributed by atoms with van der Waals surface area (Å²) in [6.07, 6.45) is 5.02. The van der Waals surface area contributed by atoms with E-state index in [1.54, 1.807) is 24.5 Å². The minimum absolute atomic E-state index is 0.174. The van der Waals surface area contributed by atoms with Crippen molar-refractivity contribution in [3.05, 3.63) is 95.6 Å². The predicted octanol–water partition coefficient (Wildman–Crippen LogP) is 5.77. The molecule has 0 spiro atoms. The number of ketones is 1.